The van der Waals surface area contributed by atoms with Crippen molar-refractivity contribution in [3.8, 4) is 0 Å². The van der Waals surface area contributed by atoms with Gasteiger partial charge in [0.05, 0.1) is 12.7 Å². The van der Waals surface area contributed by atoms with E-state index in [0.29, 0.717) is 0 Å². The summed E-state index contributed by atoms with van der Waals surface area (Å²) in [4.78, 5) is 60.6. The number of aliphatic hydroxyl groups is 1. The summed E-state index contributed by atoms with van der Waals surface area (Å²) in [5, 5.41) is 10.4. The molecule has 6 N–H and O–H groups in total. The summed E-state index contributed by atoms with van der Waals surface area (Å²) in [5.41, 5.74) is -1.61. The maximum atomic E-state index is 11.9. The average molecular weight is 494 g/mol. The number of aliphatic hydroxyl groups excluding tert-OH is 1. The molecule has 6 atom stereocenters. The van der Waals surface area contributed by atoms with Crippen molar-refractivity contribution in [1.82, 2.24) is 9.55 Å². The van der Waals surface area contributed by atoms with Gasteiger partial charge in [-0.05, 0) is 0 Å². The van der Waals surface area contributed by atoms with Gasteiger partial charge in [-0.15, -0.1) is 6.58 Å². The number of nitrogens with one attached hydrogen (secondary N) is 1. The van der Waals surface area contributed by atoms with Crippen LogP contribution in [0.15, 0.2) is 34.5 Å². The van der Waals surface area contributed by atoms with Crippen molar-refractivity contribution in [2.75, 3.05) is 6.61 Å². The molecule has 0 radical (unpaired) electrons. The van der Waals surface area contributed by atoms with E-state index in [2.05, 4.69) is 19.7 Å². The monoisotopic (exact) mass is 494 g/mol. The fraction of sp³-hybridized carbons (Fsp3) is 0.455. The fourth-order valence-corrected chi connectivity index (χ4v) is 5.56. The Morgan fingerprint density at radius 1 is 1.17 bits per heavy atom. The van der Waals surface area contributed by atoms with Gasteiger partial charge in [0.15, 0.2) is 6.23 Å². The zero-order chi connectivity index (χ0) is 22.9. The van der Waals surface area contributed by atoms with E-state index in [1.54, 1.807) is 0 Å². The first kappa shape index (κ1) is 25.0. The number of hydrogen-bond acceptors (Lipinski definition) is 10. The molecule has 30 heavy (non-hydrogen) atoms. The number of phosphoric ester groups is 1. The van der Waals surface area contributed by atoms with Gasteiger partial charge in [0.1, 0.15) is 6.10 Å². The third-order valence-electron chi connectivity index (χ3n) is 3.65. The topological polar surface area (TPSA) is 244 Å². The lowest BCUT2D eigenvalue weighted by Gasteiger charge is -2.19. The molecule has 19 heteroatoms. The summed E-state index contributed by atoms with van der Waals surface area (Å²) in [5.74, 6) is -0.971. The molecule has 1 aliphatic rings. The Bertz CT molecular complexity index is 1040. The second-order valence-corrected chi connectivity index (χ2v) is 10.2. The zero-order valence-electron chi connectivity index (χ0n) is 14.7. The molecule has 0 saturated carbocycles. The predicted molar refractivity (Wildman–Crippen MR) is 94.7 cm³/mol. The van der Waals surface area contributed by atoms with E-state index in [9.17, 15) is 33.3 Å². The normalized spacial score (nSPS) is 28.6. The van der Waals surface area contributed by atoms with Crippen LogP contribution >= 0.6 is 23.5 Å². The highest BCUT2D eigenvalue weighted by molar-refractivity contribution is 7.66. The van der Waals surface area contributed by atoms with Crippen LogP contribution in [-0.4, -0.2) is 53.0 Å². The number of H-pyrrole nitrogens is 1. The molecule has 170 valence electrons. The predicted octanol–water partition coefficient (Wildman–Crippen LogP) is -1.06. The highest BCUT2D eigenvalue weighted by atomic mass is 31.3. The molecule has 0 spiro atoms. The summed E-state index contributed by atoms with van der Waals surface area (Å²) >= 11 is 0. The van der Waals surface area contributed by atoms with Crippen molar-refractivity contribution >= 4 is 23.5 Å². The number of aromatic amines is 1. The molecule has 16 nitrogen and oxygen atoms in total. The second kappa shape index (κ2) is 9.09. The van der Waals surface area contributed by atoms with Gasteiger partial charge < -0.3 is 29.4 Å². The lowest BCUT2D eigenvalue weighted by molar-refractivity contribution is -0.0527. The SMILES string of the molecule is C=C[C@H]1[C@@H](O)[C@H](n2ccc(=O)[nH]c2=O)O[C@@H]1COP(=O)(O)OP(=O)(O)OP(=O)(O)O. The highest BCUT2D eigenvalue weighted by Gasteiger charge is 2.46. The molecule has 1 saturated heterocycles. The number of nitrogens with zero attached hydrogens (tertiary/aromatic N) is 1. The van der Waals surface area contributed by atoms with Crippen LogP contribution in [-0.2, 0) is 31.6 Å². The largest absolute Gasteiger partial charge is 0.490 e. The van der Waals surface area contributed by atoms with E-state index in [0.717, 1.165) is 16.8 Å². The van der Waals surface area contributed by atoms with Crippen LogP contribution in [0.1, 0.15) is 6.23 Å². The molecular formula is C11H17N2O14P3. The van der Waals surface area contributed by atoms with Gasteiger partial charge in [0.25, 0.3) is 5.56 Å². The van der Waals surface area contributed by atoms with Gasteiger partial charge in [-0.1, -0.05) is 6.08 Å². The molecule has 0 amide bonds. The lowest BCUT2D eigenvalue weighted by atomic mass is 9.99. The Labute approximate surface area is 166 Å². The second-order valence-electron chi connectivity index (χ2n) is 5.77. The maximum Gasteiger partial charge on any atom is 0.490 e. The van der Waals surface area contributed by atoms with Gasteiger partial charge in [-0.25, -0.2) is 18.5 Å². The molecule has 1 fully saturated rings. The van der Waals surface area contributed by atoms with Crippen molar-refractivity contribution < 1.29 is 56.3 Å². The minimum atomic E-state index is -5.69. The van der Waals surface area contributed by atoms with E-state index < -0.39 is 65.7 Å². The number of phosphoric acid groups is 3. The van der Waals surface area contributed by atoms with Crippen molar-refractivity contribution in [2.45, 2.75) is 18.4 Å². The molecule has 0 aliphatic carbocycles. The molecule has 2 heterocycles. The van der Waals surface area contributed by atoms with Gasteiger partial charge in [0, 0.05) is 18.2 Å². The third-order valence-corrected chi connectivity index (χ3v) is 7.45. The molecule has 0 bridgehead atoms. The summed E-state index contributed by atoms with van der Waals surface area (Å²) in [6, 6.07) is 0.986. The number of hydrogen-bond donors (Lipinski definition) is 6. The molecule has 2 unspecified atom stereocenters. The molecule has 1 aromatic heterocycles. The number of aromatic nitrogens is 2. The van der Waals surface area contributed by atoms with Crippen LogP contribution < -0.4 is 11.2 Å². The van der Waals surface area contributed by atoms with Crippen LogP contribution in [0.25, 0.3) is 0 Å². The van der Waals surface area contributed by atoms with Crippen LogP contribution in [0.5, 0.6) is 0 Å². The van der Waals surface area contributed by atoms with Gasteiger partial charge in [0.2, 0.25) is 0 Å². The van der Waals surface area contributed by atoms with E-state index in [1.165, 1.54) is 6.08 Å². The van der Waals surface area contributed by atoms with Crippen molar-refractivity contribution in [2.24, 2.45) is 5.92 Å². The highest BCUT2D eigenvalue weighted by Crippen LogP contribution is 2.66. The van der Waals surface area contributed by atoms with E-state index in [4.69, 9.17) is 19.4 Å². The Morgan fingerprint density at radius 3 is 2.33 bits per heavy atom. The van der Waals surface area contributed by atoms with Gasteiger partial charge in [-0.2, -0.15) is 8.62 Å². The molecular weight excluding hydrogens is 477 g/mol. The third kappa shape index (κ3) is 6.62. The lowest BCUT2D eigenvalue weighted by Crippen LogP contribution is -2.35. The fourth-order valence-electron chi connectivity index (χ4n) is 2.53. The quantitative estimate of drug-likeness (QED) is 0.177. The minimum absolute atomic E-state index is 0.701. The Hall–Kier alpha value is -1.25. The zero-order valence-corrected chi connectivity index (χ0v) is 17.3. The van der Waals surface area contributed by atoms with Crippen LogP contribution in [0, 0.1) is 5.92 Å². The van der Waals surface area contributed by atoms with Crippen LogP contribution in [0.4, 0.5) is 0 Å². The maximum absolute atomic E-state index is 11.9. The van der Waals surface area contributed by atoms with Crippen LogP contribution in [0.3, 0.4) is 0 Å². The van der Waals surface area contributed by atoms with Crippen molar-refractivity contribution in [3.05, 3.63) is 45.8 Å². The first-order valence-corrected chi connectivity index (χ1v) is 12.2. The van der Waals surface area contributed by atoms with Crippen molar-refractivity contribution in [1.29, 1.82) is 0 Å². The summed E-state index contributed by atoms with van der Waals surface area (Å²) in [6.45, 7) is 2.60. The molecule has 2 rings (SSSR count). The Morgan fingerprint density at radius 2 is 1.80 bits per heavy atom. The molecule has 0 aromatic carbocycles. The average Bonchev–Trinajstić information content (AvgIpc) is 2.85. The van der Waals surface area contributed by atoms with Gasteiger partial charge >= 0.3 is 29.2 Å². The van der Waals surface area contributed by atoms with Gasteiger partial charge in [-0.3, -0.25) is 18.9 Å². The first-order valence-electron chi connectivity index (χ1n) is 7.70. The standard InChI is InChI=1S/C11H17N2O14P3/c1-2-6-7(5-24-29(20,21)27-30(22,23)26-28(17,18)19)25-10(9(6)15)13-4-3-8(14)12-11(13)16/h2-4,6-7,9-10,15H,1,5H2,(H,20,21)(H,22,23)(H,12,14,16)(H2,17,18,19)/t6-,7-,9-,10-/m1/s1. The smallest absolute Gasteiger partial charge is 0.388 e. The van der Waals surface area contributed by atoms with Crippen LogP contribution in [0.2, 0.25) is 0 Å². The number of rotatable bonds is 9. The summed E-state index contributed by atoms with van der Waals surface area (Å²) < 4.78 is 51.6. The first-order chi connectivity index (χ1) is 13.6. The van der Waals surface area contributed by atoms with E-state index in [1.807, 2.05) is 4.98 Å². The van der Waals surface area contributed by atoms with E-state index in [-0.39, 0.29) is 0 Å². The van der Waals surface area contributed by atoms with Crippen molar-refractivity contribution in [3.63, 3.8) is 0 Å². The van der Waals surface area contributed by atoms with E-state index >= 15 is 0 Å². The summed E-state index contributed by atoms with van der Waals surface area (Å²) in [7, 11) is -16.6. The Kier molecular flexibility index (Phi) is 7.58. The Balaban J connectivity index is 2.12. The number of ether oxygens (including phenoxy) is 1. The molecule has 1 aromatic rings. The summed E-state index contributed by atoms with van der Waals surface area (Å²) in [6.07, 6.45) is -1.77. The molecule has 1 aliphatic heterocycles. The minimum Gasteiger partial charge on any atom is -0.388 e.